The number of benzene rings is 1. The summed E-state index contributed by atoms with van der Waals surface area (Å²) in [6, 6.07) is 10.7. The first kappa shape index (κ1) is 18.9. The number of amides is 1. The van der Waals surface area contributed by atoms with Gasteiger partial charge in [0.25, 0.3) is 0 Å². The maximum atomic E-state index is 12.5. The molecular weight excluding hydrogens is 298 g/mol. The number of carbonyl (C=O) groups is 1. The summed E-state index contributed by atoms with van der Waals surface area (Å²) in [7, 11) is 0. The zero-order chi connectivity index (χ0) is 17.2. The number of hydrogen-bond donors (Lipinski definition) is 0. The Morgan fingerprint density at radius 3 is 2.12 bits per heavy atom. The van der Waals surface area contributed by atoms with Gasteiger partial charge < -0.3 is 9.80 Å². The lowest BCUT2D eigenvalue weighted by atomic mass is 10.1. The minimum atomic E-state index is 0.302. The van der Waals surface area contributed by atoms with E-state index in [2.05, 4.69) is 54.0 Å². The van der Waals surface area contributed by atoms with Gasteiger partial charge in [0.05, 0.1) is 6.54 Å². The molecule has 1 saturated heterocycles. The predicted molar refractivity (Wildman–Crippen MR) is 100 cm³/mol. The van der Waals surface area contributed by atoms with Crippen molar-refractivity contribution in [2.45, 2.75) is 33.1 Å². The largest absolute Gasteiger partial charge is 0.342 e. The van der Waals surface area contributed by atoms with E-state index in [1.807, 2.05) is 4.90 Å². The van der Waals surface area contributed by atoms with Crippen LogP contribution in [0, 0.1) is 0 Å². The lowest BCUT2D eigenvalue weighted by Gasteiger charge is -2.35. The van der Waals surface area contributed by atoms with Crippen molar-refractivity contribution < 1.29 is 4.79 Å². The molecule has 1 amide bonds. The summed E-state index contributed by atoms with van der Waals surface area (Å²) >= 11 is 0. The molecule has 0 spiro atoms. The van der Waals surface area contributed by atoms with Crippen LogP contribution in [0.25, 0.3) is 0 Å². The van der Waals surface area contributed by atoms with Gasteiger partial charge in [-0.05, 0) is 24.8 Å². The van der Waals surface area contributed by atoms with Gasteiger partial charge in [0, 0.05) is 45.8 Å². The van der Waals surface area contributed by atoms with Gasteiger partial charge in [0.15, 0.2) is 0 Å². The molecule has 134 valence electrons. The average molecular weight is 332 g/mol. The number of rotatable bonds is 9. The van der Waals surface area contributed by atoms with Crippen LogP contribution in [-0.4, -0.2) is 73.0 Å². The highest BCUT2D eigenvalue weighted by atomic mass is 16.2. The molecule has 1 aromatic rings. The monoisotopic (exact) mass is 331 g/mol. The minimum Gasteiger partial charge on any atom is -0.342 e. The third kappa shape index (κ3) is 6.25. The molecule has 0 saturated carbocycles. The maximum absolute atomic E-state index is 12.5. The topological polar surface area (TPSA) is 26.8 Å². The molecule has 0 aliphatic carbocycles. The minimum absolute atomic E-state index is 0.302. The second-order valence-corrected chi connectivity index (χ2v) is 6.73. The summed E-state index contributed by atoms with van der Waals surface area (Å²) in [5.41, 5.74) is 1.41. The van der Waals surface area contributed by atoms with E-state index >= 15 is 0 Å². The molecule has 24 heavy (non-hydrogen) atoms. The Hall–Kier alpha value is -1.39. The van der Waals surface area contributed by atoms with Gasteiger partial charge in [0.1, 0.15) is 0 Å². The van der Waals surface area contributed by atoms with Gasteiger partial charge in [-0.2, -0.15) is 0 Å². The van der Waals surface area contributed by atoms with Gasteiger partial charge >= 0.3 is 0 Å². The summed E-state index contributed by atoms with van der Waals surface area (Å²) in [4.78, 5) is 19.3. The second-order valence-electron chi connectivity index (χ2n) is 6.73. The van der Waals surface area contributed by atoms with E-state index in [4.69, 9.17) is 0 Å². The zero-order valence-corrected chi connectivity index (χ0v) is 15.4. The van der Waals surface area contributed by atoms with Gasteiger partial charge in [-0.25, -0.2) is 0 Å². The SMILES string of the molecule is CCCN(CCC)C(=O)CN1CCN(CCc2ccccc2)CC1. The molecule has 2 rings (SSSR count). The quantitative estimate of drug-likeness (QED) is 0.696. The van der Waals surface area contributed by atoms with Crippen LogP contribution in [0.1, 0.15) is 32.3 Å². The Balaban J connectivity index is 1.69. The van der Waals surface area contributed by atoms with E-state index in [1.54, 1.807) is 0 Å². The number of nitrogens with zero attached hydrogens (tertiary/aromatic N) is 3. The molecular formula is C20H33N3O. The second kappa shape index (κ2) is 10.5. The van der Waals surface area contributed by atoms with Crippen molar-refractivity contribution in [2.24, 2.45) is 0 Å². The smallest absolute Gasteiger partial charge is 0.236 e. The lowest BCUT2D eigenvalue weighted by Crippen LogP contribution is -2.50. The van der Waals surface area contributed by atoms with E-state index in [-0.39, 0.29) is 0 Å². The van der Waals surface area contributed by atoms with E-state index in [9.17, 15) is 4.79 Å². The highest BCUT2D eigenvalue weighted by Crippen LogP contribution is 2.06. The van der Waals surface area contributed by atoms with Crippen molar-refractivity contribution in [1.82, 2.24) is 14.7 Å². The fourth-order valence-corrected chi connectivity index (χ4v) is 3.30. The van der Waals surface area contributed by atoms with Gasteiger partial charge in [-0.15, -0.1) is 0 Å². The number of carbonyl (C=O) groups excluding carboxylic acids is 1. The summed E-state index contributed by atoms with van der Waals surface area (Å²) in [6.07, 6.45) is 3.19. The normalized spacial score (nSPS) is 16.2. The highest BCUT2D eigenvalue weighted by Gasteiger charge is 2.21. The van der Waals surface area contributed by atoms with Crippen LogP contribution in [0.5, 0.6) is 0 Å². The Morgan fingerprint density at radius 1 is 0.958 bits per heavy atom. The molecule has 1 heterocycles. The molecule has 4 nitrogen and oxygen atoms in total. The molecule has 4 heteroatoms. The van der Waals surface area contributed by atoms with Gasteiger partial charge in [-0.1, -0.05) is 44.2 Å². The van der Waals surface area contributed by atoms with Crippen LogP contribution in [0.4, 0.5) is 0 Å². The molecule has 0 atom stereocenters. The van der Waals surface area contributed by atoms with Crippen LogP contribution < -0.4 is 0 Å². The summed E-state index contributed by atoms with van der Waals surface area (Å²) in [5, 5.41) is 0. The molecule has 0 unspecified atom stereocenters. The fourth-order valence-electron chi connectivity index (χ4n) is 3.30. The molecule has 0 radical (unpaired) electrons. The lowest BCUT2D eigenvalue weighted by molar-refractivity contribution is -0.133. The van der Waals surface area contributed by atoms with Crippen molar-refractivity contribution in [1.29, 1.82) is 0 Å². The van der Waals surface area contributed by atoms with Crippen molar-refractivity contribution in [3.8, 4) is 0 Å². The number of piperazine rings is 1. The van der Waals surface area contributed by atoms with Crippen LogP contribution >= 0.6 is 0 Å². The molecule has 1 fully saturated rings. The van der Waals surface area contributed by atoms with Crippen molar-refractivity contribution >= 4 is 5.91 Å². The van der Waals surface area contributed by atoms with Crippen LogP contribution in [-0.2, 0) is 11.2 Å². The van der Waals surface area contributed by atoms with E-state index in [1.165, 1.54) is 5.56 Å². The standard InChI is InChI=1S/C20H33N3O/c1-3-11-23(12-4-2)20(24)18-22-16-14-21(15-17-22)13-10-19-8-6-5-7-9-19/h5-9H,3-4,10-18H2,1-2H3. The molecule has 0 N–H and O–H groups in total. The maximum Gasteiger partial charge on any atom is 0.236 e. The van der Waals surface area contributed by atoms with E-state index in [0.29, 0.717) is 12.5 Å². The Morgan fingerprint density at radius 2 is 1.54 bits per heavy atom. The number of hydrogen-bond acceptors (Lipinski definition) is 3. The Labute approximate surface area is 147 Å². The third-order valence-electron chi connectivity index (χ3n) is 4.72. The molecule has 1 aliphatic heterocycles. The van der Waals surface area contributed by atoms with Crippen molar-refractivity contribution in [3.63, 3.8) is 0 Å². The summed E-state index contributed by atoms with van der Waals surface area (Å²) in [5.74, 6) is 0.302. The Kier molecular flexibility index (Phi) is 8.26. The highest BCUT2D eigenvalue weighted by molar-refractivity contribution is 5.78. The van der Waals surface area contributed by atoms with Crippen molar-refractivity contribution in [3.05, 3.63) is 35.9 Å². The van der Waals surface area contributed by atoms with E-state index in [0.717, 1.165) is 65.1 Å². The first-order valence-corrected chi connectivity index (χ1v) is 9.49. The van der Waals surface area contributed by atoms with Gasteiger partial charge in [0.2, 0.25) is 5.91 Å². The molecule has 0 aromatic heterocycles. The first-order valence-electron chi connectivity index (χ1n) is 9.49. The van der Waals surface area contributed by atoms with Crippen LogP contribution in [0.3, 0.4) is 0 Å². The van der Waals surface area contributed by atoms with Gasteiger partial charge in [-0.3, -0.25) is 9.69 Å². The average Bonchev–Trinajstić information content (AvgIpc) is 2.62. The predicted octanol–water partition coefficient (Wildman–Crippen LogP) is 2.50. The fraction of sp³-hybridized carbons (Fsp3) is 0.650. The molecule has 0 bridgehead atoms. The summed E-state index contributed by atoms with van der Waals surface area (Å²) < 4.78 is 0. The zero-order valence-electron chi connectivity index (χ0n) is 15.4. The van der Waals surface area contributed by atoms with Crippen molar-refractivity contribution in [2.75, 3.05) is 52.4 Å². The molecule has 1 aromatic carbocycles. The third-order valence-corrected chi connectivity index (χ3v) is 4.72. The molecule has 1 aliphatic rings. The first-order chi connectivity index (χ1) is 11.7. The summed E-state index contributed by atoms with van der Waals surface area (Å²) in [6.45, 7) is 11.9. The van der Waals surface area contributed by atoms with Crippen LogP contribution in [0.2, 0.25) is 0 Å². The van der Waals surface area contributed by atoms with E-state index < -0.39 is 0 Å². The Bertz CT molecular complexity index is 463. The van der Waals surface area contributed by atoms with Crippen LogP contribution in [0.15, 0.2) is 30.3 Å².